The number of pyridine rings is 1. The Morgan fingerprint density at radius 2 is 1.13 bits per heavy atom. The van der Waals surface area contributed by atoms with Crippen molar-refractivity contribution in [3.8, 4) is 11.5 Å². The average Bonchev–Trinajstić information content (AvgIpc) is 1.63. The van der Waals surface area contributed by atoms with Crippen LogP contribution >= 0.6 is 0 Å². The fourth-order valence-corrected chi connectivity index (χ4v) is 16.0. The Morgan fingerprint density at radius 1 is 0.593 bits per heavy atom. The van der Waals surface area contributed by atoms with E-state index >= 15 is 19.2 Å². The van der Waals surface area contributed by atoms with E-state index in [-0.39, 0.29) is 83.3 Å². The number of aromatic nitrogens is 4. The highest BCUT2D eigenvalue weighted by atomic mass is 32.2. The van der Waals surface area contributed by atoms with E-state index in [1.807, 2.05) is 99.6 Å². The molecule has 33 heteroatoms. The summed E-state index contributed by atoms with van der Waals surface area (Å²) in [6.45, 7) is 14.4. The Bertz CT molecular complexity index is 5120. The summed E-state index contributed by atoms with van der Waals surface area (Å²) in [4.78, 5) is 139. The Kier molecular flexibility index (Phi) is 27.0. The van der Waals surface area contributed by atoms with Crippen LogP contribution in [0.15, 0.2) is 179 Å². The number of carbonyl (C=O) groups is 9. The number of hydrogen-bond donors (Lipinski definition) is 10. The van der Waals surface area contributed by atoms with Gasteiger partial charge in [0.2, 0.25) is 41.4 Å². The molecule has 8 aromatic rings. The van der Waals surface area contributed by atoms with Crippen molar-refractivity contribution in [2.24, 2.45) is 21.2 Å². The molecule has 0 aliphatic carbocycles. The molecule has 8 amide bonds. The maximum Gasteiger partial charge on any atom is 0.326 e. The summed E-state index contributed by atoms with van der Waals surface area (Å²) in [6, 6.07) is 31.3. The first-order valence-corrected chi connectivity index (χ1v) is 41.1. The minimum absolute atomic E-state index is 0.0116. The first kappa shape index (κ1) is 85.6. The van der Waals surface area contributed by atoms with Gasteiger partial charge >= 0.3 is 5.97 Å². The van der Waals surface area contributed by atoms with Gasteiger partial charge in [0.25, 0.3) is 15.9 Å². The molecule has 6 aromatic carbocycles. The van der Waals surface area contributed by atoms with Gasteiger partial charge in [0.1, 0.15) is 72.7 Å². The van der Waals surface area contributed by atoms with Crippen LogP contribution < -0.4 is 56.7 Å². The van der Waals surface area contributed by atoms with Gasteiger partial charge in [-0.1, -0.05) is 167 Å². The molecule has 12 bridgehead atoms. The normalized spacial score (nSPS) is 22.3. The van der Waals surface area contributed by atoms with Gasteiger partial charge in [-0.3, -0.25) is 43.4 Å². The second kappa shape index (κ2) is 37.2. The predicted octanol–water partition coefficient (Wildman–Crippen LogP) is 4.66. The number of nitrogens with zero attached hydrogens (tertiary/aromatic N) is 9. The number of carbonyl (C=O) groups excluding carboxylic acids is 8. The lowest BCUT2D eigenvalue weighted by atomic mass is 9.85. The molecule has 32 nitrogen and oxygen atoms in total. The average molecular weight is 1630 g/mol. The number of carboxylic acid groups (broad SMARTS) is 1. The fraction of sp³-hybridized carbons (Fsp3) is 0.435. The van der Waals surface area contributed by atoms with Crippen molar-refractivity contribution in [1.29, 1.82) is 0 Å². The first-order valence-electron chi connectivity index (χ1n) is 39.7. The van der Waals surface area contributed by atoms with E-state index in [1.54, 1.807) is 124 Å². The smallest absolute Gasteiger partial charge is 0.326 e. The topological polar surface area (TPSA) is 413 Å². The Balaban J connectivity index is 0.883. The molecule has 2 saturated heterocycles. The largest absolute Gasteiger partial charge is 0.491 e. The maximum atomic E-state index is 15.6. The molecule has 7 aliphatic rings. The van der Waals surface area contributed by atoms with Crippen LogP contribution in [0.2, 0.25) is 0 Å². The predicted molar refractivity (Wildman–Crippen MR) is 438 cm³/mol. The molecule has 13 unspecified atom stereocenters. The highest BCUT2D eigenvalue weighted by molar-refractivity contribution is 7.90. The minimum atomic E-state index is -4.65. The molecule has 15 rings (SSSR count). The number of aliphatic carboxylic acids is 1. The molecular weight excluding hydrogens is 1530 g/mol. The number of carboxylic acids is 1. The van der Waals surface area contributed by atoms with Crippen molar-refractivity contribution in [2.45, 2.75) is 184 Å². The van der Waals surface area contributed by atoms with Crippen LogP contribution in [-0.2, 0) is 85.5 Å². The molecular formula is C85H104N18O14S. The van der Waals surface area contributed by atoms with Crippen LogP contribution in [0.3, 0.4) is 0 Å². The zero-order chi connectivity index (χ0) is 84.3. The molecule has 9 heterocycles. The lowest BCUT2D eigenvalue weighted by Crippen LogP contribution is -2.61. The molecule has 7 aliphatic heterocycles. The van der Waals surface area contributed by atoms with E-state index < -0.39 is 146 Å². The Labute approximate surface area is 685 Å². The third-order valence-corrected chi connectivity index (χ3v) is 23.3. The van der Waals surface area contributed by atoms with E-state index in [1.165, 1.54) is 29.3 Å². The fourth-order valence-electron chi connectivity index (χ4n) is 15.0. The standard InChI is InChI=1S/C85H104N18O14S/c1-50(86-9)75(104)93-73(84(3,4)5)81(110)100-46-63-41-62(100)43-89-67(39-54-22-28-56-17-11-13-19-58(56)35-54)77(106)92-70(83(112)113)38-53-26-32-66(33-27-53)117-49-61-45-103(99-96-61)64-42-71(101(47-64)82(111)74(85(6,7)8)94-76(105)51(2)87-10)80(109)91-68(40-55-23-29-57-18-12-14-20-59(57)36-55)78(107)90-69(79(108)97-118(114,115)72-21-15-16-34-88-72)37-52-24-30-65(31-25-52)116-48-60-44-102(63)98-95-60/h11-36,44,50-51,61-64,67-71,73-74,86-87,89H,37-43,45-49H2,1-10H3,(H,90,107)(H,91,109)(H,92,106)(H,93,104)(H,94,105)(H,97,108)(H,112,113). The molecule has 10 N–H and O–H groups in total. The van der Waals surface area contributed by atoms with Crippen molar-refractivity contribution in [3.63, 3.8) is 0 Å². The summed E-state index contributed by atoms with van der Waals surface area (Å²) in [5, 5.41) is 57.5. The lowest BCUT2D eigenvalue weighted by molar-refractivity contribution is -0.144. The number of nitrogens with one attached hydrogen (secondary N) is 9. The first-order chi connectivity index (χ1) is 56.3. The summed E-state index contributed by atoms with van der Waals surface area (Å²) >= 11 is 0. The number of amides is 8. The van der Waals surface area contributed by atoms with Gasteiger partial charge in [-0.25, -0.2) is 19.2 Å². The lowest BCUT2D eigenvalue weighted by Gasteiger charge is -2.36. The van der Waals surface area contributed by atoms with Crippen molar-refractivity contribution in [2.75, 3.05) is 46.9 Å². The number of rotatable bonds is 16. The van der Waals surface area contributed by atoms with Crippen LogP contribution in [0.5, 0.6) is 11.5 Å². The van der Waals surface area contributed by atoms with Crippen molar-refractivity contribution in [3.05, 3.63) is 192 Å². The summed E-state index contributed by atoms with van der Waals surface area (Å²) in [7, 11) is -1.40. The summed E-state index contributed by atoms with van der Waals surface area (Å²) in [6.07, 6.45) is 2.72. The molecule has 624 valence electrons. The van der Waals surface area contributed by atoms with E-state index in [4.69, 9.17) is 9.47 Å². The second-order valence-electron chi connectivity index (χ2n) is 32.9. The molecule has 2 fully saturated rings. The van der Waals surface area contributed by atoms with Gasteiger partial charge in [-0.2, -0.15) is 13.5 Å². The van der Waals surface area contributed by atoms with Crippen LogP contribution in [-0.4, -0.2) is 221 Å². The second-order valence-corrected chi connectivity index (χ2v) is 34.6. The van der Waals surface area contributed by atoms with E-state index in [9.17, 15) is 37.5 Å². The monoisotopic (exact) mass is 1630 g/mol. The van der Waals surface area contributed by atoms with Crippen LogP contribution in [0, 0.1) is 10.8 Å². The highest BCUT2D eigenvalue weighted by Gasteiger charge is 2.49. The van der Waals surface area contributed by atoms with Gasteiger partial charge in [-0.05, 0) is 132 Å². The SMILES string of the molecule is CNC(C)C(=O)NC(C(=O)N1CC2CC1CNC(Cc1ccc3ccccc3c1)C(=O)NC(C(=O)O)Cc1ccc(cc1)OCC1CN(N=N1)C1CC(C(=O)NC(Cc3ccc4ccccc4c3)C(=O)NC(C(=O)NS(=O)(=O)c3ccccn3)Cc3ccc(cc3)OCc3cn2nn3)N(C(=O)C(NC(=O)C(C)NC)C(C)(C)C)C1)C(C)(C)C. The summed E-state index contributed by atoms with van der Waals surface area (Å²) in [5.41, 5.74) is 1.05. The van der Waals surface area contributed by atoms with Crippen molar-refractivity contribution >= 4 is 84.8 Å². The third-order valence-electron chi connectivity index (χ3n) is 22.1. The van der Waals surface area contributed by atoms with Gasteiger partial charge in [0.05, 0.1) is 43.0 Å². The van der Waals surface area contributed by atoms with Crippen molar-refractivity contribution < 1.29 is 66.1 Å². The number of hydrogen-bond acceptors (Lipinski definition) is 22. The zero-order valence-electron chi connectivity index (χ0n) is 67.8. The number of fused-ring (bicyclic) bond motifs is 2. The number of likely N-dealkylation sites (tertiary alicyclic amines) is 2. The Morgan fingerprint density at radius 3 is 1.69 bits per heavy atom. The van der Waals surface area contributed by atoms with Crippen LogP contribution in [0.4, 0.5) is 0 Å². The highest BCUT2D eigenvalue weighted by Crippen LogP contribution is 2.34. The number of benzene rings is 6. The molecule has 0 radical (unpaired) electrons. The summed E-state index contributed by atoms with van der Waals surface area (Å²) in [5.74, 6) is -5.77. The van der Waals surface area contributed by atoms with E-state index in [0.717, 1.165) is 27.1 Å². The quantitative estimate of drug-likeness (QED) is 0.0628. The van der Waals surface area contributed by atoms with Gasteiger partial charge < -0.3 is 66.9 Å². The molecule has 0 spiro atoms. The Hall–Kier alpha value is -11.8. The maximum absolute atomic E-state index is 15.6. The molecule has 0 saturated carbocycles. The minimum Gasteiger partial charge on any atom is -0.491 e. The zero-order valence-corrected chi connectivity index (χ0v) is 68.6. The van der Waals surface area contributed by atoms with Gasteiger partial charge in [-0.15, -0.1) is 5.10 Å². The molecule has 118 heavy (non-hydrogen) atoms. The van der Waals surface area contributed by atoms with Crippen molar-refractivity contribution in [1.82, 2.24) is 82.0 Å². The third kappa shape index (κ3) is 21.3. The van der Waals surface area contributed by atoms with E-state index in [0.29, 0.717) is 40.3 Å². The molecule has 13 atom stereocenters. The van der Waals surface area contributed by atoms with E-state index in [2.05, 4.69) is 72.9 Å². The van der Waals surface area contributed by atoms with Gasteiger partial charge in [0, 0.05) is 57.6 Å². The molecule has 2 aromatic heterocycles. The van der Waals surface area contributed by atoms with Crippen LogP contribution in [0.1, 0.15) is 102 Å². The van der Waals surface area contributed by atoms with Crippen LogP contribution in [0.25, 0.3) is 21.5 Å². The number of sulfonamides is 1. The van der Waals surface area contributed by atoms with Gasteiger partial charge in [0.15, 0.2) is 5.03 Å². The summed E-state index contributed by atoms with van der Waals surface area (Å²) < 4.78 is 44.2. The number of likely N-dealkylation sites (N-methyl/N-ethyl adjacent to an activating group) is 2. The number of ether oxygens (including phenoxy) is 2.